The van der Waals surface area contributed by atoms with Crippen LogP contribution in [0.2, 0.25) is 0 Å². The van der Waals surface area contributed by atoms with Crippen molar-refractivity contribution in [2.75, 3.05) is 7.05 Å². The second kappa shape index (κ2) is 6.48. The van der Waals surface area contributed by atoms with Crippen LogP contribution < -0.4 is 5.32 Å². The second-order valence-electron chi connectivity index (χ2n) is 6.65. The molecule has 21 heavy (non-hydrogen) atoms. The van der Waals surface area contributed by atoms with Crippen LogP contribution in [0.25, 0.3) is 0 Å². The average Bonchev–Trinajstić information content (AvgIpc) is 2.93. The van der Waals surface area contributed by atoms with Crippen LogP contribution in [0.5, 0.6) is 0 Å². The molecule has 2 rings (SSSR count). The summed E-state index contributed by atoms with van der Waals surface area (Å²) in [5, 5.41) is 3.36. The Bertz CT molecular complexity index is 560. The Morgan fingerprint density at radius 1 is 1.05 bits per heavy atom. The van der Waals surface area contributed by atoms with E-state index in [0.717, 1.165) is 24.4 Å². The summed E-state index contributed by atoms with van der Waals surface area (Å²) in [7, 11) is 1.99. The molecule has 0 radical (unpaired) electrons. The van der Waals surface area contributed by atoms with E-state index in [1.807, 2.05) is 7.05 Å². The molecule has 0 saturated carbocycles. The lowest BCUT2D eigenvalue weighted by Gasteiger charge is -2.20. The van der Waals surface area contributed by atoms with E-state index < -0.39 is 0 Å². The molecule has 0 aliphatic heterocycles. The molecule has 1 heterocycles. The van der Waals surface area contributed by atoms with Gasteiger partial charge in [-0.1, -0.05) is 52.0 Å². The van der Waals surface area contributed by atoms with Gasteiger partial charge in [0.1, 0.15) is 11.5 Å². The summed E-state index contributed by atoms with van der Waals surface area (Å²) >= 11 is 0. The Kier molecular flexibility index (Phi) is 4.89. The predicted octanol–water partition coefficient (Wildman–Crippen LogP) is 4.64. The maximum Gasteiger partial charge on any atom is 0.121 e. The highest BCUT2D eigenvalue weighted by atomic mass is 16.3. The molecule has 2 aromatic rings. The molecule has 0 fully saturated rings. The van der Waals surface area contributed by atoms with Crippen LogP contribution in [0.15, 0.2) is 40.8 Å². The third kappa shape index (κ3) is 3.98. The van der Waals surface area contributed by atoms with Crippen LogP contribution in [-0.4, -0.2) is 7.05 Å². The van der Waals surface area contributed by atoms with Gasteiger partial charge >= 0.3 is 0 Å². The Morgan fingerprint density at radius 2 is 1.71 bits per heavy atom. The first kappa shape index (κ1) is 15.8. The summed E-state index contributed by atoms with van der Waals surface area (Å²) < 4.78 is 5.87. The molecule has 0 aliphatic rings. The molecule has 2 heteroatoms. The SMILES string of the molecule is CCc1ccc(C(Cc2ccc(C(C)(C)C)cc2)NC)o1. The molecule has 0 spiro atoms. The van der Waals surface area contributed by atoms with Crippen molar-refractivity contribution >= 4 is 0 Å². The van der Waals surface area contributed by atoms with E-state index >= 15 is 0 Å². The van der Waals surface area contributed by atoms with Crippen molar-refractivity contribution < 1.29 is 4.42 Å². The fourth-order valence-electron chi connectivity index (χ4n) is 2.49. The number of benzene rings is 1. The van der Waals surface area contributed by atoms with Crippen LogP contribution in [0.1, 0.15) is 56.4 Å². The molecular formula is C19H27NO. The molecule has 1 aromatic heterocycles. The zero-order valence-corrected chi connectivity index (χ0v) is 13.9. The quantitative estimate of drug-likeness (QED) is 0.865. The van der Waals surface area contributed by atoms with Gasteiger partial charge in [-0.2, -0.15) is 0 Å². The van der Waals surface area contributed by atoms with Crippen molar-refractivity contribution in [1.82, 2.24) is 5.32 Å². The first-order chi connectivity index (χ1) is 9.94. The number of furan rings is 1. The van der Waals surface area contributed by atoms with Gasteiger partial charge in [-0.25, -0.2) is 0 Å². The molecule has 1 atom stereocenters. The van der Waals surface area contributed by atoms with E-state index in [4.69, 9.17) is 4.42 Å². The number of hydrogen-bond acceptors (Lipinski definition) is 2. The Balaban J connectivity index is 2.11. The highest BCUT2D eigenvalue weighted by Crippen LogP contribution is 2.25. The lowest BCUT2D eigenvalue weighted by Crippen LogP contribution is -2.18. The van der Waals surface area contributed by atoms with Gasteiger partial charge in [0, 0.05) is 6.42 Å². The van der Waals surface area contributed by atoms with E-state index in [0.29, 0.717) is 0 Å². The first-order valence-electron chi connectivity index (χ1n) is 7.79. The summed E-state index contributed by atoms with van der Waals surface area (Å²) in [6, 6.07) is 13.3. The van der Waals surface area contributed by atoms with Crippen molar-refractivity contribution in [2.45, 2.75) is 52.0 Å². The number of hydrogen-bond donors (Lipinski definition) is 1. The van der Waals surface area contributed by atoms with Crippen molar-refractivity contribution in [3.05, 3.63) is 59.0 Å². The maximum atomic E-state index is 5.87. The monoisotopic (exact) mass is 285 g/mol. The molecular weight excluding hydrogens is 258 g/mol. The Hall–Kier alpha value is -1.54. The number of likely N-dealkylation sites (N-methyl/N-ethyl adjacent to an activating group) is 1. The molecule has 1 N–H and O–H groups in total. The van der Waals surface area contributed by atoms with Crippen molar-refractivity contribution in [3.63, 3.8) is 0 Å². The summed E-state index contributed by atoms with van der Waals surface area (Å²) in [5.41, 5.74) is 2.91. The van der Waals surface area contributed by atoms with Crippen molar-refractivity contribution in [3.8, 4) is 0 Å². The Labute approximate surface area is 128 Å². The highest BCUT2D eigenvalue weighted by Gasteiger charge is 2.16. The first-order valence-corrected chi connectivity index (χ1v) is 7.79. The minimum absolute atomic E-state index is 0.206. The summed E-state index contributed by atoms with van der Waals surface area (Å²) in [5.74, 6) is 2.07. The van der Waals surface area contributed by atoms with Crippen molar-refractivity contribution in [2.24, 2.45) is 0 Å². The van der Waals surface area contributed by atoms with E-state index in [2.05, 4.69) is 69.4 Å². The van der Waals surface area contributed by atoms with Crippen LogP contribution in [0, 0.1) is 0 Å². The lowest BCUT2D eigenvalue weighted by molar-refractivity contribution is 0.407. The normalized spacial score (nSPS) is 13.4. The summed E-state index contributed by atoms with van der Waals surface area (Å²) in [6.45, 7) is 8.84. The maximum absolute atomic E-state index is 5.87. The van der Waals surface area contributed by atoms with Crippen molar-refractivity contribution in [1.29, 1.82) is 0 Å². The van der Waals surface area contributed by atoms with E-state index in [1.54, 1.807) is 0 Å². The summed E-state index contributed by atoms with van der Waals surface area (Å²) in [4.78, 5) is 0. The minimum atomic E-state index is 0.206. The fraction of sp³-hybridized carbons (Fsp3) is 0.474. The van der Waals surface area contributed by atoms with Crippen LogP contribution >= 0.6 is 0 Å². The smallest absolute Gasteiger partial charge is 0.121 e. The largest absolute Gasteiger partial charge is 0.464 e. The van der Waals surface area contributed by atoms with E-state index in [9.17, 15) is 0 Å². The molecule has 114 valence electrons. The van der Waals surface area contributed by atoms with Crippen LogP contribution in [-0.2, 0) is 18.3 Å². The Morgan fingerprint density at radius 3 is 2.19 bits per heavy atom. The zero-order valence-electron chi connectivity index (χ0n) is 13.9. The topological polar surface area (TPSA) is 25.2 Å². The van der Waals surface area contributed by atoms with Gasteiger partial charge < -0.3 is 9.73 Å². The predicted molar refractivity (Wildman–Crippen MR) is 88.7 cm³/mol. The van der Waals surface area contributed by atoms with E-state index in [1.165, 1.54) is 11.1 Å². The lowest BCUT2D eigenvalue weighted by atomic mass is 9.86. The number of rotatable bonds is 5. The van der Waals surface area contributed by atoms with Gasteiger partial charge in [-0.3, -0.25) is 0 Å². The molecule has 1 aromatic carbocycles. The molecule has 1 unspecified atom stereocenters. The second-order valence-corrected chi connectivity index (χ2v) is 6.65. The molecule has 0 aliphatic carbocycles. The van der Waals surface area contributed by atoms with Crippen LogP contribution in [0.4, 0.5) is 0 Å². The highest BCUT2D eigenvalue weighted by molar-refractivity contribution is 5.28. The van der Waals surface area contributed by atoms with E-state index in [-0.39, 0.29) is 11.5 Å². The van der Waals surface area contributed by atoms with Gasteiger partial charge in [0.05, 0.1) is 6.04 Å². The third-order valence-corrected chi connectivity index (χ3v) is 3.98. The fourth-order valence-corrected chi connectivity index (χ4v) is 2.49. The van der Waals surface area contributed by atoms with Gasteiger partial charge in [0.25, 0.3) is 0 Å². The van der Waals surface area contributed by atoms with Gasteiger partial charge in [-0.15, -0.1) is 0 Å². The third-order valence-electron chi connectivity index (χ3n) is 3.98. The molecule has 2 nitrogen and oxygen atoms in total. The average molecular weight is 285 g/mol. The van der Waals surface area contributed by atoms with Gasteiger partial charge in [-0.05, 0) is 42.1 Å². The minimum Gasteiger partial charge on any atom is -0.464 e. The molecule has 0 saturated heterocycles. The molecule has 0 bridgehead atoms. The zero-order chi connectivity index (χ0) is 15.5. The van der Waals surface area contributed by atoms with Crippen LogP contribution in [0.3, 0.4) is 0 Å². The standard InChI is InChI=1S/C19H27NO/c1-6-16-11-12-18(21-16)17(20-5)13-14-7-9-15(10-8-14)19(2,3)4/h7-12,17,20H,6,13H2,1-5H3. The summed E-state index contributed by atoms with van der Waals surface area (Å²) in [6.07, 6.45) is 1.88. The molecule has 0 amide bonds. The number of nitrogens with one attached hydrogen (secondary N) is 1. The van der Waals surface area contributed by atoms with Gasteiger partial charge in [0.2, 0.25) is 0 Å². The van der Waals surface area contributed by atoms with Gasteiger partial charge in [0.15, 0.2) is 0 Å². The number of aryl methyl sites for hydroxylation is 1.